The first-order chi connectivity index (χ1) is 10.3. The Morgan fingerprint density at radius 1 is 1.23 bits per heavy atom. The lowest BCUT2D eigenvalue weighted by Gasteiger charge is -2.42. The van der Waals surface area contributed by atoms with Crippen molar-refractivity contribution in [3.8, 4) is 0 Å². The van der Waals surface area contributed by atoms with E-state index in [2.05, 4.69) is 41.4 Å². The van der Waals surface area contributed by atoms with Crippen LogP contribution in [0.15, 0.2) is 30.3 Å². The molecule has 3 nitrogen and oxygen atoms in total. The predicted octanol–water partition coefficient (Wildman–Crippen LogP) is 3.11. The molecule has 2 aliphatic rings. The summed E-state index contributed by atoms with van der Waals surface area (Å²) in [7, 11) is 0. The lowest BCUT2D eigenvalue weighted by Crippen LogP contribution is -2.48. The van der Waals surface area contributed by atoms with Crippen LogP contribution in [0.25, 0.3) is 0 Å². The summed E-state index contributed by atoms with van der Waals surface area (Å²) < 4.78 is 0. The predicted molar refractivity (Wildman–Crippen MR) is 95.7 cm³/mol. The number of amides is 1. The quantitative estimate of drug-likeness (QED) is 0.897. The Kier molecular flexibility index (Phi) is 6.60. The van der Waals surface area contributed by atoms with Gasteiger partial charge in [0.05, 0.1) is 6.04 Å². The SMILES string of the molecule is CC1SCCN(C(=O)C2CCNCC2)C1c1ccccc1.Cl. The van der Waals surface area contributed by atoms with E-state index in [1.807, 2.05) is 17.8 Å². The number of nitrogens with zero attached hydrogens (tertiary/aromatic N) is 1. The molecule has 2 unspecified atom stereocenters. The van der Waals surface area contributed by atoms with Gasteiger partial charge in [-0.25, -0.2) is 0 Å². The van der Waals surface area contributed by atoms with Gasteiger partial charge in [-0.2, -0.15) is 11.8 Å². The zero-order valence-corrected chi connectivity index (χ0v) is 14.7. The van der Waals surface area contributed by atoms with Crippen molar-refractivity contribution in [3.63, 3.8) is 0 Å². The van der Waals surface area contributed by atoms with E-state index in [-0.39, 0.29) is 24.4 Å². The van der Waals surface area contributed by atoms with Gasteiger partial charge in [-0.1, -0.05) is 37.3 Å². The van der Waals surface area contributed by atoms with Gasteiger partial charge < -0.3 is 10.2 Å². The normalized spacial score (nSPS) is 26.3. The Balaban J connectivity index is 0.00000176. The monoisotopic (exact) mass is 340 g/mol. The summed E-state index contributed by atoms with van der Waals surface area (Å²) in [5, 5.41) is 3.81. The first-order valence-electron chi connectivity index (χ1n) is 7.95. The molecule has 0 radical (unpaired) electrons. The molecule has 2 atom stereocenters. The van der Waals surface area contributed by atoms with E-state index in [1.165, 1.54) is 5.56 Å². The highest BCUT2D eigenvalue weighted by molar-refractivity contribution is 8.00. The summed E-state index contributed by atoms with van der Waals surface area (Å²) in [5.74, 6) is 1.64. The Morgan fingerprint density at radius 2 is 1.91 bits per heavy atom. The van der Waals surface area contributed by atoms with Crippen LogP contribution in [-0.2, 0) is 4.79 Å². The molecule has 3 rings (SSSR count). The highest BCUT2D eigenvalue weighted by Crippen LogP contribution is 2.37. The fourth-order valence-electron chi connectivity index (χ4n) is 3.47. The van der Waals surface area contributed by atoms with Crippen LogP contribution < -0.4 is 5.32 Å². The Labute approximate surface area is 143 Å². The van der Waals surface area contributed by atoms with Crippen LogP contribution in [0.2, 0.25) is 0 Å². The van der Waals surface area contributed by atoms with E-state index < -0.39 is 0 Å². The number of piperidine rings is 1. The average Bonchev–Trinajstić information content (AvgIpc) is 2.55. The van der Waals surface area contributed by atoms with Crippen LogP contribution in [0.1, 0.15) is 31.4 Å². The minimum absolute atomic E-state index is 0. The molecular weight excluding hydrogens is 316 g/mol. The fraction of sp³-hybridized carbons (Fsp3) is 0.588. The van der Waals surface area contributed by atoms with Crippen molar-refractivity contribution in [1.82, 2.24) is 10.2 Å². The molecule has 2 fully saturated rings. The molecular formula is C17H25ClN2OS. The van der Waals surface area contributed by atoms with Crippen LogP contribution in [0, 0.1) is 5.92 Å². The smallest absolute Gasteiger partial charge is 0.226 e. The summed E-state index contributed by atoms with van der Waals surface area (Å²) in [6, 6.07) is 10.8. The van der Waals surface area contributed by atoms with Crippen molar-refractivity contribution in [2.45, 2.75) is 31.1 Å². The summed E-state index contributed by atoms with van der Waals surface area (Å²) in [5.41, 5.74) is 1.28. The molecule has 0 aromatic heterocycles. The van der Waals surface area contributed by atoms with Gasteiger partial charge in [-0.05, 0) is 31.5 Å². The van der Waals surface area contributed by atoms with E-state index in [1.54, 1.807) is 0 Å². The second-order valence-corrected chi connectivity index (χ2v) is 7.47. The number of hydrogen-bond acceptors (Lipinski definition) is 3. The molecule has 0 saturated carbocycles. The molecule has 1 aromatic carbocycles. The Bertz CT molecular complexity index is 479. The zero-order valence-electron chi connectivity index (χ0n) is 13.0. The fourth-order valence-corrected chi connectivity index (χ4v) is 4.63. The van der Waals surface area contributed by atoms with Crippen molar-refractivity contribution < 1.29 is 4.79 Å². The largest absolute Gasteiger partial charge is 0.333 e. The molecule has 2 heterocycles. The van der Waals surface area contributed by atoms with Crippen molar-refractivity contribution in [3.05, 3.63) is 35.9 Å². The molecule has 0 aliphatic carbocycles. The van der Waals surface area contributed by atoms with Crippen molar-refractivity contribution in [2.24, 2.45) is 5.92 Å². The maximum absolute atomic E-state index is 13.0. The summed E-state index contributed by atoms with van der Waals surface area (Å²) in [6.45, 7) is 5.09. The summed E-state index contributed by atoms with van der Waals surface area (Å²) in [4.78, 5) is 15.1. The third kappa shape index (κ3) is 3.79. The maximum Gasteiger partial charge on any atom is 0.226 e. The van der Waals surface area contributed by atoms with Gasteiger partial charge in [0, 0.05) is 23.5 Å². The van der Waals surface area contributed by atoms with Gasteiger partial charge in [0.15, 0.2) is 0 Å². The molecule has 1 amide bonds. The van der Waals surface area contributed by atoms with Gasteiger partial charge >= 0.3 is 0 Å². The van der Waals surface area contributed by atoms with Crippen LogP contribution in [0.3, 0.4) is 0 Å². The number of carbonyl (C=O) groups is 1. The minimum atomic E-state index is 0. The number of carbonyl (C=O) groups excluding carboxylic acids is 1. The topological polar surface area (TPSA) is 32.3 Å². The number of hydrogen-bond donors (Lipinski definition) is 1. The van der Waals surface area contributed by atoms with Gasteiger partial charge in [0.25, 0.3) is 0 Å². The third-order valence-electron chi connectivity index (χ3n) is 4.61. The molecule has 0 spiro atoms. The first-order valence-corrected chi connectivity index (χ1v) is 9.00. The highest BCUT2D eigenvalue weighted by atomic mass is 35.5. The third-order valence-corrected chi connectivity index (χ3v) is 5.81. The van der Waals surface area contributed by atoms with Crippen molar-refractivity contribution in [1.29, 1.82) is 0 Å². The maximum atomic E-state index is 13.0. The van der Waals surface area contributed by atoms with Gasteiger partial charge in [0.2, 0.25) is 5.91 Å². The molecule has 2 saturated heterocycles. The van der Waals surface area contributed by atoms with E-state index in [4.69, 9.17) is 0 Å². The second kappa shape index (κ2) is 8.23. The first kappa shape index (κ1) is 17.6. The Hall–Kier alpha value is -0.710. The minimum Gasteiger partial charge on any atom is -0.333 e. The van der Waals surface area contributed by atoms with Gasteiger partial charge in [-0.15, -0.1) is 12.4 Å². The second-order valence-electron chi connectivity index (χ2n) is 5.99. The molecule has 22 heavy (non-hydrogen) atoms. The van der Waals surface area contributed by atoms with Crippen molar-refractivity contribution in [2.75, 3.05) is 25.4 Å². The van der Waals surface area contributed by atoms with Crippen LogP contribution in [0.4, 0.5) is 0 Å². The molecule has 2 aliphatic heterocycles. The summed E-state index contributed by atoms with van der Waals surface area (Å²) in [6.07, 6.45) is 1.97. The number of nitrogens with one attached hydrogen (secondary N) is 1. The zero-order chi connectivity index (χ0) is 14.7. The van der Waals surface area contributed by atoms with E-state index in [0.717, 1.165) is 38.2 Å². The number of rotatable bonds is 2. The van der Waals surface area contributed by atoms with E-state index >= 15 is 0 Å². The van der Waals surface area contributed by atoms with Gasteiger partial charge in [-0.3, -0.25) is 4.79 Å². The van der Waals surface area contributed by atoms with Crippen LogP contribution in [-0.4, -0.2) is 41.4 Å². The number of thioether (sulfide) groups is 1. The molecule has 5 heteroatoms. The van der Waals surface area contributed by atoms with E-state index in [9.17, 15) is 4.79 Å². The van der Waals surface area contributed by atoms with Crippen LogP contribution >= 0.6 is 24.2 Å². The highest BCUT2D eigenvalue weighted by Gasteiger charge is 2.36. The number of benzene rings is 1. The van der Waals surface area contributed by atoms with Crippen molar-refractivity contribution >= 4 is 30.1 Å². The van der Waals surface area contributed by atoms with Crippen LogP contribution in [0.5, 0.6) is 0 Å². The molecule has 122 valence electrons. The van der Waals surface area contributed by atoms with E-state index in [0.29, 0.717) is 11.2 Å². The average molecular weight is 341 g/mol. The Morgan fingerprint density at radius 3 is 2.59 bits per heavy atom. The molecule has 1 aromatic rings. The number of halogens is 1. The summed E-state index contributed by atoms with van der Waals surface area (Å²) >= 11 is 1.98. The molecule has 0 bridgehead atoms. The standard InChI is InChI=1S/C17H24N2OS.ClH/c1-13-16(14-5-3-2-4-6-14)19(11-12-21-13)17(20)15-7-9-18-10-8-15;/h2-6,13,15-16,18H,7-12H2,1H3;1H. The van der Waals surface area contributed by atoms with Gasteiger partial charge in [0.1, 0.15) is 0 Å². The molecule has 1 N–H and O–H groups in total. The lowest BCUT2D eigenvalue weighted by molar-refractivity contribution is -0.138. The lowest BCUT2D eigenvalue weighted by atomic mass is 9.94.